The van der Waals surface area contributed by atoms with Crippen molar-refractivity contribution < 1.29 is 8.42 Å². The average Bonchev–Trinajstić information content (AvgIpc) is 2.85. The van der Waals surface area contributed by atoms with Gasteiger partial charge in [0.1, 0.15) is 0 Å². The lowest BCUT2D eigenvalue weighted by molar-refractivity contribution is 0.565. The molecule has 0 saturated heterocycles. The van der Waals surface area contributed by atoms with E-state index < -0.39 is 10.0 Å². The lowest BCUT2D eigenvalue weighted by Gasteiger charge is -2.11. The Morgan fingerprint density at radius 2 is 2.12 bits per heavy atom. The topological polar surface area (TPSA) is 46.2 Å². The molecule has 2 rings (SSSR count). The van der Waals surface area contributed by atoms with Crippen molar-refractivity contribution >= 4 is 37.3 Å². The average molecular weight is 324 g/mol. The van der Waals surface area contributed by atoms with Crippen molar-refractivity contribution in [1.29, 1.82) is 0 Å². The first-order valence-electron chi connectivity index (χ1n) is 5.29. The normalized spacial score (nSPS) is 18.1. The molecule has 0 spiro atoms. The van der Waals surface area contributed by atoms with E-state index in [1.165, 1.54) is 0 Å². The van der Waals surface area contributed by atoms with Gasteiger partial charge in [0.25, 0.3) is 0 Å². The minimum Gasteiger partial charge on any atom is -0.212 e. The van der Waals surface area contributed by atoms with E-state index in [-0.39, 0.29) is 5.25 Å². The Bertz CT molecular complexity index is 449. The Labute approximate surface area is 108 Å². The van der Waals surface area contributed by atoms with Gasteiger partial charge in [-0.1, -0.05) is 12.8 Å². The van der Waals surface area contributed by atoms with Crippen LogP contribution in [0.2, 0.25) is 0 Å². The number of hydrogen-bond donors (Lipinski definition) is 1. The lowest BCUT2D eigenvalue weighted by atomic mass is 10.4. The molecule has 0 atom stereocenters. The summed E-state index contributed by atoms with van der Waals surface area (Å²) in [5.41, 5.74) is 0. The van der Waals surface area contributed by atoms with Gasteiger partial charge >= 0.3 is 0 Å². The van der Waals surface area contributed by atoms with Gasteiger partial charge in [0.05, 0.1) is 5.25 Å². The second kappa shape index (κ2) is 5.16. The molecule has 1 fully saturated rings. The quantitative estimate of drug-likeness (QED) is 0.926. The monoisotopic (exact) mass is 323 g/mol. The zero-order chi connectivity index (χ0) is 11.6. The molecule has 0 bridgehead atoms. The third-order valence-corrected chi connectivity index (χ3v) is 6.40. The fourth-order valence-electron chi connectivity index (χ4n) is 1.93. The summed E-state index contributed by atoms with van der Waals surface area (Å²) >= 11 is 4.91. The van der Waals surface area contributed by atoms with E-state index in [2.05, 4.69) is 20.7 Å². The Morgan fingerprint density at radius 1 is 1.44 bits per heavy atom. The summed E-state index contributed by atoms with van der Waals surface area (Å²) < 4.78 is 27.5. The molecule has 1 aliphatic rings. The molecule has 0 unspecified atom stereocenters. The molecule has 1 heterocycles. The molecule has 0 radical (unpaired) electrons. The van der Waals surface area contributed by atoms with E-state index in [0.717, 1.165) is 35.0 Å². The largest absolute Gasteiger partial charge is 0.214 e. The third kappa shape index (κ3) is 3.06. The van der Waals surface area contributed by atoms with Crippen molar-refractivity contribution in [3.8, 4) is 0 Å². The molecule has 3 nitrogen and oxygen atoms in total. The highest BCUT2D eigenvalue weighted by molar-refractivity contribution is 9.10. The fraction of sp³-hybridized carbons (Fsp3) is 0.600. The Hall–Kier alpha value is 0.0900. The van der Waals surface area contributed by atoms with E-state index in [9.17, 15) is 8.42 Å². The maximum Gasteiger partial charge on any atom is 0.214 e. The van der Waals surface area contributed by atoms with Gasteiger partial charge < -0.3 is 0 Å². The lowest BCUT2D eigenvalue weighted by Crippen LogP contribution is -2.31. The number of rotatable bonds is 4. The first-order chi connectivity index (χ1) is 7.58. The molecular weight excluding hydrogens is 310 g/mol. The van der Waals surface area contributed by atoms with E-state index >= 15 is 0 Å². The summed E-state index contributed by atoms with van der Waals surface area (Å²) in [5, 5.41) is 1.79. The van der Waals surface area contributed by atoms with Gasteiger partial charge in [-0.15, -0.1) is 11.3 Å². The number of hydrogen-bond acceptors (Lipinski definition) is 3. The molecule has 6 heteroatoms. The summed E-state index contributed by atoms with van der Waals surface area (Å²) in [7, 11) is -3.11. The minimum absolute atomic E-state index is 0.170. The van der Waals surface area contributed by atoms with E-state index in [1.54, 1.807) is 11.3 Å². The molecule has 1 aromatic heterocycles. The van der Waals surface area contributed by atoms with Gasteiger partial charge in [-0.25, -0.2) is 13.1 Å². The predicted molar refractivity (Wildman–Crippen MR) is 70.0 cm³/mol. The van der Waals surface area contributed by atoms with Crippen LogP contribution in [0.3, 0.4) is 0 Å². The molecular formula is C10H14BrNO2S2. The van der Waals surface area contributed by atoms with Crippen LogP contribution in [-0.2, 0) is 16.6 Å². The zero-order valence-corrected chi connectivity index (χ0v) is 12.0. The van der Waals surface area contributed by atoms with Gasteiger partial charge in [-0.05, 0) is 34.8 Å². The summed E-state index contributed by atoms with van der Waals surface area (Å²) in [5.74, 6) is 0. The SMILES string of the molecule is O=S(=O)(NCc1cc(Br)cs1)C1CCCC1. The first kappa shape index (κ1) is 12.5. The van der Waals surface area contributed by atoms with Crippen molar-refractivity contribution in [2.24, 2.45) is 0 Å². The van der Waals surface area contributed by atoms with Crippen LogP contribution in [0, 0.1) is 0 Å². The predicted octanol–water partition coefficient (Wildman–Crippen LogP) is 2.87. The number of thiophene rings is 1. The van der Waals surface area contributed by atoms with Crippen molar-refractivity contribution in [3.05, 3.63) is 20.8 Å². The molecule has 0 aliphatic heterocycles. The summed E-state index contributed by atoms with van der Waals surface area (Å²) in [6.07, 6.45) is 3.69. The van der Waals surface area contributed by atoms with Crippen molar-refractivity contribution in [2.75, 3.05) is 0 Å². The molecule has 0 amide bonds. The van der Waals surface area contributed by atoms with Crippen molar-refractivity contribution in [1.82, 2.24) is 4.72 Å². The highest BCUT2D eigenvalue weighted by Gasteiger charge is 2.28. The maximum atomic E-state index is 11.9. The molecule has 1 aromatic rings. The fourth-order valence-corrected chi connectivity index (χ4v) is 4.96. The van der Waals surface area contributed by atoms with E-state index in [4.69, 9.17) is 0 Å². The van der Waals surface area contributed by atoms with E-state index in [1.807, 2.05) is 11.4 Å². The van der Waals surface area contributed by atoms with Crippen LogP contribution in [0.25, 0.3) is 0 Å². The van der Waals surface area contributed by atoms with Gasteiger partial charge in [-0.2, -0.15) is 0 Å². The Balaban J connectivity index is 1.94. The van der Waals surface area contributed by atoms with Gasteiger partial charge in [0.2, 0.25) is 10.0 Å². The number of halogens is 1. The van der Waals surface area contributed by atoms with Gasteiger partial charge in [0, 0.05) is 21.3 Å². The van der Waals surface area contributed by atoms with Crippen LogP contribution in [0.4, 0.5) is 0 Å². The first-order valence-corrected chi connectivity index (χ1v) is 8.51. The van der Waals surface area contributed by atoms with Crippen LogP contribution < -0.4 is 4.72 Å². The molecule has 1 saturated carbocycles. The number of nitrogens with one attached hydrogen (secondary N) is 1. The zero-order valence-electron chi connectivity index (χ0n) is 8.78. The van der Waals surface area contributed by atoms with Crippen LogP contribution in [0.15, 0.2) is 15.9 Å². The molecule has 16 heavy (non-hydrogen) atoms. The smallest absolute Gasteiger partial charge is 0.212 e. The third-order valence-electron chi connectivity index (χ3n) is 2.81. The summed E-state index contributed by atoms with van der Waals surface area (Å²) in [4.78, 5) is 1.04. The van der Waals surface area contributed by atoms with Crippen LogP contribution >= 0.6 is 27.3 Å². The number of sulfonamides is 1. The van der Waals surface area contributed by atoms with Crippen LogP contribution in [-0.4, -0.2) is 13.7 Å². The van der Waals surface area contributed by atoms with Crippen molar-refractivity contribution in [3.63, 3.8) is 0 Å². The maximum absolute atomic E-state index is 11.9. The highest BCUT2D eigenvalue weighted by atomic mass is 79.9. The second-order valence-corrected chi connectivity index (χ2v) is 7.96. The summed E-state index contributed by atoms with van der Waals surface area (Å²) in [6.45, 7) is 0.412. The highest BCUT2D eigenvalue weighted by Crippen LogP contribution is 2.25. The van der Waals surface area contributed by atoms with Gasteiger partial charge in [0.15, 0.2) is 0 Å². The van der Waals surface area contributed by atoms with Crippen LogP contribution in [0.1, 0.15) is 30.6 Å². The molecule has 1 N–H and O–H groups in total. The van der Waals surface area contributed by atoms with Gasteiger partial charge in [-0.3, -0.25) is 0 Å². The Kier molecular flexibility index (Phi) is 4.05. The molecule has 0 aromatic carbocycles. The molecule has 90 valence electrons. The summed E-state index contributed by atoms with van der Waals surface area (Å²) in [6, 6.07) is 1.95. The second-order valence-electron chi connectivity index (χ2n) is 4.00. The van der Waals surface area contributed by atoms with Crippen LogP contribution in [0.5, 0.6) is 0 Å². The standard InChI is InChI=1S/C10H14BrNO2S2/c11-8-5-9(15-7-8)6-12-16(13,14)10-3-1-2-4-10/h5,7,10,12H,1-4,6H2. The van der Waals surface area contributed by atoms with E-state index in [0.29, 0.717) is 6.54 Å². The molecule has 1 aliphatic carbocycles. The minimum atomic E-state index is -3.11. The Morgan fingerprint density at radius 3 is 2.69 bits per heavy atom. The van der Waals surface area contributed by atoms with Crippen molar-refractivity contribution in [2.45, 2.75) is 37.5 Å².